The molecule has 1 heterocycles. The van der Waals surface area contributed by atoms with Gasteiger partial charge in [0.25, 0.3) is 0 Å². The molecular formula is C20H27N3O3. The van der Waals surface area contributed by atoms with Gasteiger partial charge >= 0.3 is 5.97 Å². The quantitative estimate of drug-likeness (QED) is 0.742. The summed E-state index contributed by atoms with van der Waals surface area (Å²) >= 11 is 0. The summed E-state index contributed by atoms with van der Waals surface area (Å²) in [7, 11) is 2.03. The predicted molar refractivity (Wildman–Crippen MR) is 102 cm³/mol. The molecule has 1 aromatic carbocycles. The van der Waals surface area contributed by atoms with E-state index in [9.17, 15) is 4.79 Å². The van der Waals surface area contributed by atoms with Crippen LogP contribution in [0.25, 0.3) is 17.1 Å². The van der Waals surface area contributed by atoms with Crippen LogP contribution < -0.4 is 10.1 Å². The van der Waals surface area contributed by atoms with E-state index in [0.717, 1.165) is 41.3 Å². The van der Waals surface area contributed by atoms with Crippen molar-refractivity contribution in [1.82, 2.24) is 14.9 Å². The van der Waals surface area contributed by atoms with Gasteiger partial charge in [0, 0.05) is 30.8 Å². The topological polar surface area (TPSA) is 76.4 Å². The molecule has 140 valence electrons. The molecule has 2 N–H and O–H groups in total. The fourth-order valence-electron chi connectivity index (χ4n) is 3.75. The molecule has 1 aliphatic rings. The summed E-state index contributed by atoms with van der Waals surface area (Å²) in [5.41, 5.74) is 2.52. The van der Waals surface area contributed by atoms with Gasteiger partial charge in [0.2, 0.25) is 0 Å². The molecule has 3 rings (SSSR count). The molecule has 0 bridgehead atoms. The minimum absolute atomic E-state index is 0.0786. The molecule has 0 atom stereocenters. The summed E-state index contributed by atoms with van der Waals surface area (Å²) in [4.78, 5) is 15.8. The highest BCUT2D eigenvalue weighted by Crippen LogP contribution is 2.42. The van der Waals surface area contributed by atoms with Gasteiger partial charge in [0.1, 0.15) is 11.6 Å². The smallest absolute Gasteiger partial charge is 0.328 e. The maximum atomic E-state index is 10.9. The number of carboxylic acids is 1. The zero-order chi connectivity index (χ0) is 18.9. The third-order valence-electron chi connectivity index (χ3n) is 4.92. The van der Waals surface area contributed by atoms with Crippen molar-refractivity contribution in [3.8, 4) is 5.75 Å². The van der Waals surface area contributed by atoms with Gasteiger partial charge < -0.3 is 19.7 Å². The summed E-state index contributed by atoms with van der Waals surface area (Å²) in [6.45, 7) is 6.74. The van der Waals surface area contributed by atoms with Crippen molar-refractivity contribution in [1.29, 1.82) is 0 Å². The molecule has 1 fully saturated rings. The van der Waals surface area contributed by atoms with Crippen LogP contribution in [0.4, 0.5) is 0 Å². The minimum atomic E-state index is -0.979. The van der Waals surface area contributed by atoms with Gasteiger partial charge in [0.15, 0.2) is 0 Å². The first kappa shape index (κ1) is 18.5. The largest absolute Gasteiger partial charge is 0.493 e. The number of imidazole rings is 1. The van der Waals surface area contributed by atoms with E-state index < -0.39 is 5.97 Å². The van der Waals surface area contributed by atoms with Crippen LogP contribution in [0.3, 0.4) is 0 Å². The highest BCUT2D eigenvalue weighted by molar-refractivity contribution is 5.88. The van der Waals surface area contributed by atoms with Gasteiger partial charge in [0.05, 0.1) is 23.2 Å². The Hall–Kier alpha value is -2.34. The Bertz CT molecular complexity index is 848. The lowest BCUT2D eigenvalue weighted by Crippen LogP contribution is -2.52. The predicted octanol–water partition coefficient (Wildman–Crippen LogP) is 3.45. The van der Waals surface area contributed by atoms with E-state index in [1.807, 2.05) is 26.1 Å². The van der Waals surface area contributed by atoms with Gasteiger partial charge in [-0.15, -0.1) is 0 Å². The SMILES string of the molecule is CCOc1cc2nc(C3(NC(C)C)CCC3)n(C)c2cc1/C=C/C(=O)O. The molecule has 26 heavy (non-hydrogen) atoms. The molecule has 0 saturated heterocycles. The fraction of sp³-hybridized carbons (Fsp3) is 0.500. The highest BCUT2D eigenvalue weighted by atomic mass is 16.5. The molecular weight excluding hydrogens is 330 g/mol. The second-order valence-corrected chi connectivity index (χ2v) is 7.21. The molecule has 1 aliphatic carbocycles. The Kier molecular flexibility index (Phi) is 5.05. The van der Waals surface area contributed by atoms with Crippen molar-refractivity contribution in [2.24, 2.45) is 7.05 Å². The maximum Gasteiger partial charge on any atom is 0.328 e. The lowest BCUT2D eigenvalue weighted by Gasteiger charge is -2.43. The Labute approximate surface area is 153 Å². The van der Waals surface area contributed by atoms with Crippen LogP contribution >= 0.6 is 0 Å². The molecule has 0 unspecified atom stereocenters. The monoisotopic (exact) mass is 357 g/mol. The molecule has 1 aromatic heterocycles. The molecule has 0 amide bonds. The van der Waals surface area contributed by atoms with Crippen LogP contribution in [0.15, 0.2) is 18.2 Å². The van der Waals surface area contributed by atoms with Crippen molar-refractivity contribution in [2.75, 3.05) is 6.61 Å². The summed E-state index contributed by atoms with van der Waals surface area (Å²) in [5, 5.41) is 12.6. The first-order chi connectivity index (χ1) is 12.4. The number of ether oxygens (including phenoxy) is 1. The fourth-order valence-corrected chi connectivity index (χ4v) is 3.75. The summed E-state index contributed by atoms with van der Waals surface area (Å²) < 4.78 is 7.83. The lowest BCUT2D eigenvalue weighted by atomic mass is 9.75. The summed E-state index contributed by atoms with van der Waals surface area (Å²) in [6.07, 6.45) is 6.05. The molecule has 6 nitrogen and oxygen atoms in total. The Morgan fingerprint density at radius 2 is 2.19 bits per heavy atom. The van der Waals surface area contributed by atoms with E-state index >= 15 is 0 Å². The standard InChI is InChI=1S/C20H27N3O3/c1-5-26-17-12-15-16(11-14(17)7-8-18(24)25)23(4)19(21-15)20(9-6-10-20)22-13(2)3/h7-8,11-13,22H,5-6,9-10H2,1-4H3,(H,24,25)/b8-7+. The summed E-state index contributed by atoms with van der Waals surface area (Å²) in [6, 6.07) is 4.24. The van der Waals surface area contributed by atoms with Crippen molar-refractivity contribution < 1.29 is 14.6 Å². The van der Waals surface area contributed by atoms with E-state index in [4.69, 9.17) is 14.8 Å². The number of rotatable bonds is 7. The summed E-state index contributed by atoms with van der Waals surface area (Å²) in [5.74, 6) is 0.712. The number of hydrogen-bond donors (Lipinski definition) is 2. The van der Waals surface area contributed by atoms with Crippen LogP contribution in [-0.4, -0.2) is 33.3 Å². The number of fused-ring (bicyclic) bond motifs is 1. The molecule has 1 saturated carbocycles. The molecule has 0 radical (unpaired) electrons. The number of carboxylic acid groups (broad SMARTS) is 1. The van der Waals surface area contributed by atoms with Crippen LogP contribution in [0.1, 0.15) is 51.4 Å². The van der Waals surface area contributed by atoms with Crippen molar-refractivity contribution >= 4 is 23.1 Å². The third kappa shape index (κ3) is 3.33. The van der Waals surface area contributed by atoms with E-state index in [2.05, 4.69) is 23.7 Å². The third-order valence-corrected chi connectivity index (χ3v) is 4.92. The Morgan fingerprint density at radius 1 is 1.46 bits per heavy atom. The molecule has 0 spiro atoms. The van der Waals surface area contributed by atoms with Gasteiger partial charge in [-0.05, 0) is 52.2 Å². The minimum Gasteiger partial charge on any atom is -0.493 e. The van der Waals surface area contributed by atoms with Gasteiger partial charge in [-0.3, -0.25) is 0 Å². The maximum absolute atomic E-state index is 10.9. The normalized spacial score (nSPS) is 16.3. The average molecular weight is 357 g/mol. The van der Waals surface area contributed by atoms with Gasteiger partial charge in [-0.25, -0.2) is 9.78 Å². The number of nitrogens with zero attached hydrogens (tertiary/aromatic N) is 2. The molecule has 0 aliphatic heterocycles. The zero-order valence-electron chi connectivity index (χ0n) is 15.9. The first-order valence-electron chi connectivity index (χ1n) is 9.19. The van der Waals surface area contributed by atoms with Crippen LogP contribution in [0.5, 0.6) is 5.75 Å². The van der Waals surface area contributed by atoms with Gasteiger partial charge in [-0.2, -0.15) is 0 Å². The number of benzene rings is 1. The lowest BCUT2D eigenvalue weighted by molar-refractivity contribution is -0.131. The second-order valence-electron chi connectivity index (χ2n) is 7.21. The molecule has 6 heteroatoms. The van der Waals surface area contributed by atoms with Crippen LogP contribution in [0.2, 0.25) is 0 Å². The number of hydrogen-bond acceptors (Lipinski definition) is 4. The van der Waals surface area contributed by atoms with E-state index in [1.54, 1.807) is 6.08 Å². The molecule has 2 aromatic rings. The Balaban J connectivity index is 2.11. The van der Waals surface area contributed by atoms with Crippen molar-refractivity contribution in [3.05, 3.63) is 29.6 Å². The number of nitrogens with one attached hydrogen (secondary N) is 1. The van der Waals surface area contributed by atoms with Crippen LogP contribution in [0, 0.1) is 0 Å². The van der Waals surface area contributed by atoms with Crippen molar-refractivity contribution in [3.63, 3.8) is 0 Å². The van der Waals surface area contributed by atoms with Crippen LogP contribution in [-0.2, 0) is 17.4 Å². The number of carbonyl (C=O) groups is 1. The number of aryl methyl sites for hydroxylation is 1. The Morgan fingerprint density at radius 3 is 2.73 bits per heavy atom. The van der Waals surface area contributed by atoms with E-state index in [1.165, 1.54) is 6.42 Å². The number of aliphatic carboxylic acids is 1. The van der Waals surface area contributed by atoms with E-state index in [0.29, 0.717) is 18.4 Å². The van der Waals surface area contributed by atoms with Crippen molar-refractivity contribution in [2.45, 2.75) is 51.6 Å². The van der Waals surface area contributed by atoms with Gasteiger partial charge in [-0.1, -0.05) is 0 Å². The number of aromatic nitrogens is 2. The second kappa shape index (κ2) is 7.11. The van der Waals surface area contributed by atoms with E-state index in [-0.39, 0.29) is 5.54 Å². The highest BCUT2D eigenvalue weighted by Gasteiger charge is 2.42. The zero-order valence-corrected chi connectivity index (χ0v) is 15.9. The average Bonchev–Trinajstić information content (AvgIpc) is 2.85. The first-order valence-corrected chi connectivity index (χ1v) is 9.19.